The second kappa shape index (κ2) is 4.49. The van der Waals surface area contributed by atoms with Crippen LogP contribution in [-0.4, -0.2) is 13.0 Å². The number of fused-ring (bicyclic) bond motifs is 1. The first-order valence-electron chi connectivity index (χ1n) is 6.69. The van der Waals surface area contributed by atoms with Crippen LogP contribution in [0.4, 0.5) is 5.69 Å². The van der Waals surface area contributed by atoms with E-state index in [1.807, 2.05) is 39.1 Å². The van der Waals surface area contributed by atoms with Gasteiger partial charge in [0.25, 0.3) is 0 Å². The van der Waals surface area contributed by atoms with Crippen LogP contribution in [0.1, 0.15) is 36.6 Å². The molecule has 2 aromatic rings. The van der Waals surface area contributed by atoms with Crippen molar-refractivity contribution in [2.45, 2.75) is 25.3 Å². The zero-order valence-corrected chi connectivity index (χ0v) is 11.9. The topological polar surface area (TPSA) is 54.3 Å². The monoisotopic (exact) mass is 270 g/mol. The van der Waals surface area contributed by atoms with Crippen molar-refractivity contribution in [3.8, 4) is 0 Å². The number of carbonyl (C=O) groups excluding carboxylic acids is 1. The molecule has 1 aliphatic heterocycles. The number of carbonyl (C=O) groups is 1. The van der Waals surface area contributed by atoms with Crippen LogP contribution in [0.15, 0.2) is 41.2 Å². The molecule has 3 rings (SSSR count). The van der Waals surface area contributed by atoms with Crippen molar-refractivity contribution in [2.24, 2.45) is 0 Å². The summed E-state index contributed by atoms with van der Waals surface area (Å²) in [4.78, 5) is 12.0. The fourth-order valence-electron chi connectivity index (χ4n) is 2.73. The highest BCUT2D eigenvalue weighted by Crippen LogP contribution is 2.39. The average molecular weight is 270 g/mol. The molecule has 104 valence electrons. The third-order valence-electron chi connectivity index (χ3n) is 4.03. The maximum atomic E-state index is 12.0. The maximum Gasteiger partial charge on any atom is 0.234 e. The Hall–Kier alpha value is -2.07. The van der Waals surface area contributed by atoms with Gasteiger partial charge in [-0.25, -0.2) is 0 Å². The normalized spacial score (nSPS) is 17.6. The van der Waals surface area contributed by atoms with Crippen LogP contribution < -0.4 is 10.6 Å². The molecule has 0 saturated heterocycles. The number of benzene rings is 1. The van der Waals surface area contributed by atoms with Gasteiger partial charge in [-0.15, -0.1) is 0 Å². The molecule has 1 unspecified atom stereocenters. The maximum absolute atomic E-state index is 12.0. The standard InChI is InChI=1S/C16H18N2O2/c1-16(2)12-8-10(4-5-13(12)18-15(16)19)14(17-3)11-6-7-20-9-11/h4-9,14,17H,1-3H3,(H,18,19). The molecule has 1 aromatic carbocycles. The fourth-order valence-corrected chi connectivity index (χ4v) is 2.73. The molecule has 0 bridgehead atoms. The summed E-state index contributed by atoms with van der Waals surface area (Å²) in [5.41, 5.74) is 3.66. The van der Waals surface area contributed by atoms with Gasteiger partial charge in [-0.1, -0.05) is 12.1 Å². The first kappa shape index (κ1) is 12.9. The predicted octanol–water partition coefficient (Wildman–Crippen LogP) is 2.82. The van der Waals surface area contributed by atoms with Gasteiger partial charge in [-0.2, -0.15) is 0 Å². The minimum absolute atomic E-state index is 0.0500. The summed E-state index contributed by atoms with van der Waals surface area (Å²) in [6.07, 6.45) is 3.41. The molecule has 0 spiro atoms. The van der Waals surface area contributed by atoms with Crippen LogP contribution in [0, 0.1) is 0 Å². The highest BCUT2D eigenvalue weighted by molar-refractivity contribution is 6.05. The molecule has 1 aromatic heterocycles. The number of furan rings is 1. The highest BCUT2D eigenvalue weighted by atomic mass is 16.3. The summed E-state index contributed by atoms with van der Waals surface area (Å²) in [5.74, 6) is 0.0500. The Morgan fingerprint density at radius 2 is 2.05 bits per heavy atom. The van der Waals surface area contributed by atoms with E-state index in [-0.39, 0.29) is 11.9 Å². The lowest BCUT2D eigenvalue weighted by molar-refractivity contribution is -0.119. The third-order valence-corrected chi connectivity index (χ3v) is 4.03. The molecule has 1 amide bonds. The van der Waals surface area contributed by atoms with Crippen molar-refractivity contribution >= 4 is 11.6 Å². The Morgan fingerprint density at radius 1 is 1.25 bits per heavy atom. The summed E-state index contributed by atoms with van der Waals surface area (Å²) in [7, 11) is 1.92. The SMILES string of the molecule is CNC(c1ccoc1)c1ccc2c(c1)C(C)(C)C(=O)N2. The van der Waals surface area contributed by atoms with Crippen molar-refractivity contribution in [1.29, 1.82) is 0 Å². The second-order valence-electron chi connectivity index (χ2n) is 5.66. The molecule has 2 heterocycles. The summed E-state index contributed by atoms with van der Waals surface area (Å²) < 4.78 is 5.16. The predicted molar refractivity (Wildman–Crippen MR) is 77.7 cm³/mol. The molecule has 1 aliphatic rings. The first-order chi connectivity index (χ1) is 9.54. The molecule has 1 atom stereocenters. The van der Waals surface area contributed by atoms with E-state index in [9.17, 15) is 4.79 Å². The van der Waals surface area contributed by atoms with Gasteiger partial charge in [0.15, 0.2) is 0 Å². The van der Waals surface area contributed by atoms with Crippen molar-refractivity contribution in [3.63, 3.8) is 0 Å². The van der Waals surface area contributed by atoms with E-state index >= 15 is 0 Å². The lowest BCUT2D eigenvalue weighted by Crippen LogP contribution is -2.27. The minimum atomic E-state index is -0.486. The molecule has 0 fully saturated rings. The number of hydrogen-bond donors (Lipinski definition) is 2. The van der Waals surface area contributed by atoms with E-state index in [1.165, 1.54) is 0 Å². The van der Waals surface area contributed by atoms with Crippen LogP contribution in [-0.2, 0) is 10.2 Å². The van der Waals surface area contributed by atoms with Gasteiger partial charge in [0.1, 0.15) is 0 Å². The lowest BCUT2D eigenvalue weighted by Gasteiger charge is -2.19. The zero-order valence-electron chi connectivity index (χ0n) is 11.9. The third kappa shape index (κ3) is 1.84. The van der Waals surface area contributed by atoms with E-state index < -0.39 is 5.41 Å². The minimum Gasteiger partial charge on any atom is -0.472 e. The summed E-state index contributed by atoms with van der Waals surface area (Å²) in [6.45, 7) is 3.90. The first-order valence-corrected chi connectivity index (χ1v) is 6.69. The molecule has 0 radical (unpaired) electrons. The number of rotatable bonds is 3. The van der Waals surface area contributed by atoms with Crippen molar-refractivity contribution in [1.82, 2.24) is 5.32 Å². The van der Waals surface area contributed by atoms with Gasteiger partial charge in [0, 0.05) is 11.3 Å². The molecular formula is C16H18N2O2. The molecule has 4 heteroatoms. The second-order valence-corrected chi connectivity index (χ2v) is 5.66. The Morgan fingerprint density at radius 3 is 2.70 bits per heavy atom. The van der Waals surface area contributed by atoms with E-state index in [0.717, 1.165) is 22.4 Å². The molecular weight excluding hydrogens is 252 g/mol. The van der Waals surface area contributed by atoms with Crippen LogP contribution in [0.2, 0.25) is 0 Å². The van der Waals surface area contributed by atoms with Crippen LogP contribution in [0.3, 0.4) is 0 Å². The Bertz CT molecular complexity index is 645. The quantitative estimate of drug-likeness (QED) is 0.901. The Labute approximate surface area is 118 Å². The summed E-state index contributed by atoms with van der Waals surface area (Å²) >= 11 is 0. The molecule has 0 aliphatic carbocycles. The van der Waals surface area contributed by atoms with Gasteiger partial charge in [-0.3, -0.25) is 4.79 Å². The van der Waals surface area contributed by atoms with Gasteiger partial charge in [0.2, 0.25) is 5.91 Å². The van der Waals surface area contributed by atoms with Crippen LogP contribution in [0.25, 0.3) is 0 Å². The lowest BCUT2D eigenvalue weighted by atomic mass is 9.84. The zero-order chi connectivity index (χ0) is 14.3. The van der Waals surface area contributed by atoms with Gasteiger partial charge >= 0.3 is 0 Å². The van der Waals surface area contributed by atoms with Gasteiger partial charge in [-0.05, 0) is 44.2 Å². The fraction of sp³-hybridized carbons (Fsp3) is 0.312. The molecule has 20 heavy (non-hydrogen) atoms. The molecule has 4 nitrogen and oxygen atoms in total. The number of anilines is 1. The highest BCUT2D eigenvalue weighted by Gasteiger charge is 2.38. The molecule has 0 saturated carbocycles. The number of nitrogens with one attached hydrogen (secondary N) is 2. The largest absolute Gasteiger partial charge is 0.472 e. The van der Waals surface area contributed by atoms with Gasteiger partial charge < -0.3 is 15.1 Å². The number of hydrogen-bond acceptors (Lipinski definition) is 3. The van der Waals surface area contributed by atoms with Crippen molar-refractivity contribution in [2.75, 3.05) is 12.4 Å². The average Bonchev–Trinajstić information content (AvgIpc) is 3.01. The smallest absolute Gasteiger partial charge is 0.234 e. The summed E-state index contributed by atoms with van der Waals surface area (Å²) in [5, 5.41) is 6.21. The summed E-state index contributed by atoms with van der Waals surface area (Å²) in [6, 6.07) is 8.12. The van der Waals surface area contributed by atoms with Crippen molar-refractivity contribution < 1.29 is 9.21 Å². The van der Waals surface area contributed by atoms with E-state index in [2.05, 4.69) is 16.7 Å². The van der Waals surface area contributed by atoms with E-state index in [4.69, 9.17) is 4.42 Å². The van der Waals surface area contributed by atoms with E-state index in [0.29, 0.717) is 0 Å². The van der Waals surface area contributed by atoms with Crippen molar-refractivity contribution in [3.05, 3.63) is 53.5 Å². The Kier molecular flexibility index (Phi) is 2.91. The number of amides is 1. The van der Waals surface area contributed by atoms with E-state index in [1.54, 1.807) is 12.5 Å². The van der Waals surface area contributed by atoms with Crippen LogP contribution in [0.5, 0.6) is 0 Å². The Balaban J connectivity index is 2.05. The molecule has 2 N–H and O–H groups in total. The van der Waals surface area contributed by atoms with Gasteiger partial charge in [0.05, 0.1) is 24.0 Å². The van der Waals surface area contributed by atoms with Crippen LogP contribution >= 0.6 is 0 Å².